The fraction of sp³-hybridized carbons (Fsp3) is 0.562. The average molecular weight is 311 g/mol. The zero-order valence-corrected chi connectivity index (χ0v) is 13.9. The minimum absolute atomic E-state index is 0.223. The van der Waals surface area contributed by atoms with Gasteiger partial charge in [-0.1, -0.05) is 23.7 Å². The largest absolute Gasteiger partial charge is 0.444 e. The SMILES string of the molecule is CN(Cc1ccc(Cl)cc1)C1CN(C(=O)OC(C)(C)C)C1. The van der Waals surface area contributed by atoms with E-state index >= 15 is 0 Å². The molecule has 1 aromatic rings. The van der Waals surface area contributed by atoms with Crippen molar-refractivity contribution in [2.45, 2.75) is 39.0 Å². The molecule has 1 aliphatic heterocycles. The summed E-state index contributed by atoms with van der Waals surface area (Å²) in [6.07, 6.45) is -0.223. The molecule has 1 saturated heterocycles. The second-order valence-electron chi connectivity index (χ2n) is 6.58. The summed E-state index contributed by atoms with van der Waals surface area (Å²) in [5, 5.41) is 0.751. The number of nitrogens with zero attached hydrogens (tertiary/aromatic N) is 2. The van der Waals surface area contributed by atoms with Crippen LogP contribution in [0.3, 0.4) is 0 Å². The summed E-state index contributed by atoms with van der Waals surface area (Å²) < 4.78 is 5.35. The van der Waals surface area contributed by atoms with Crippen molar-refractivity contribution >= 4 is 17.7 Å². The van der Waals surface area contributed by atoms with Gasteiger partial charge in [-0.05, 0) is 45.5 Å². The van der Waals surface area contributed by atoms with E-state index in [-0.39, 0.29) is 6.09 Å². The molecule has 0 radical (unpaired) electrons. The van der Waals surface area contributed by atoms with Crippen LogP contribution < -0.4 is 0 Å². The monoisotopic (exact) mass is 310 g/mol. The molecule has 0 bridgehead atoms. The van der Waals surface area contributed by atoms with Crippen LogP contribution in [0.5, 0.6) is 0 Å². The third-order valence-corrected chi connectivity index (χ3v) is 3.73. The van der Waals surface area contributed by atoms with Gasteiger partial charge in [0, 0.05) is 30.7 Å². The molecule has 0 atom stereocenters. The van der Waals surface area contributed by atoms with Gasteiger partial charge in [0.05, 0.1) is 0 Å². The van der Waals surface area contributed by atoms with Gasteiger partial charge in [0.2, 0.25) is 0 Å². The minimum atomic E-state index is -0.433. The molecular weight excluding hydrogens is 288 g/mol. The normalized spacial score (nSPS) is 16.0. The van der Waals surface area contributed by atoms with E-state index in [0.717, 1.165) is 24.7 Å². The second kappa shape index (κ2) is 6.24. The average Bonchev–Trinajstić information content (AvgIpc) is 2.27. The quantitative estimate of drug-likeness (QED) is 0.858. The Morgan fingerprint density at radius 2 is 1.90 bits per heavy atom. The van der Waals surface area contributed by atoms with Gasteiger partial charge >= 0.3 is 6.09 Å². The lowest BCUT2D eigenvalue weighted by atomic mass is 10.1. The molecule has 4 nitrogen and oxygen atoms in total. The van der Waals surface area contributed by atoms with Gasteiger partial charge in [-0.15, -0.1) is 0 Å². The van der Waals surface area contributed by atoms with Crippen LogP contribution >= 0.6 is 11.6 Å². The Morgan fingerprint density at radius 3 is 2.43 bits per heavy atom. The third-order valence-electron chi connectivity index (χ3n) is 3.48. The molecule has 1 aliphatic rings. The van der Waals surface area contributed by atoms with Crippen molar-refractivity contribution in [3.8, 4) is 0 Å². The summed E-state index contributed by atoms with van der Waals surface area (Å²) >= 11 is 5.88. The summed E-state index contributed by atoms with van der Waals surface area (Å²) in [5.74, 6) is 0. The predicted molar refractivity (Wildman–Crippen MR) is 84.5 cm³/mol. The first-order valence-electron chi connectivity index (χ1n) is 7.17. The number of likely N-dealkylation sites (N-methyl/N-ethyl adjacent to an activating group) is 1. The molecular formula is C16H23ClN2O2. The first-order valence-corrected chi connectivity index (χ1v) is 7.55. The first-order chi connectivity index (χ1) is 9.74. The van der Waals surface area contributed by atoms with Gasteiger partial charge in [0.1, 0.15) is 5.60 Å². The summed E-state index contributed by atoms with van der Waals surface area (Å²) in [5.41, 5.74) is 0.787. The van der Waals surface area contributed by atoms with Crippen molar-refractivity contribution in [2.75, 3.05) is 20.1 Å². The van der Waals surface area contributed by atoms with E-state index in [2.05, 4.69) is 11.9 Å². The lowest BCUT2D eigenvalue weighted by molar-refractivity contribution is -0.0120. The molecule has 116 valence electrons. The van der Waals surface area contributed by atoms with E-state index in [9.17, 15) is 4.79 Å². The maximum Gasteiger partial charge on any atom is 0.410 e. The highest BCUT2D eigenvalue weighted by Crippen LogP contribution is 2.20. The van der Waals surface area contributed by atoms with E-state index < -0.39 is 5.60 Å². The van der Waals surface area contributed by atoms with Crippen LogP contribution in [-0.4, -0.2) is 47.7 Å². The highest BCUT2D eigenvalue weighted by molar-refractivity contribution is 6.30. The molecule has 1 fully saturated rings. The van der Waals surface area contributed by atoms with Gasteiger partial charge in [-0.2, -0.15) is 0 Å². The van der Waals surface area contributed by atoms with Gasteiger partial charge in [0.25, 0.3) is 0 Å². The molecule has 0 N–H and O–H groups in total. The van der Waals surface area contributed by atoms with Crippen LogP contribution in [0.2, 0.25) is 5.02 Å². The molecule has 0 saturated carbocycles. The smallest absolute Gasteiger partial charge is 0.410 e. The molecule has 2 rings (SSSR count). The van der Waals surface area contributed by atoms with Gasteiger partial charge < -0.3 is 9.64 Å². The lowest BCUT2D eigenvalue weighted by Gasteiger charge is -2.44. The number of benzene rings is 1. The van der Waals surface area contributed by atoms with Crippen LogP contribution in [0.4, 0.5) is 4.79 Å². The molecule has 0 aromatic heterocycles. The van der Waals surface area contributed by atoms with E-state index in [1.807, 2.05) is 45.0 Å². The molecule has 1 aromatic carbocycles. The fourth-order valence-electron chi connectivity index (χ4n) is 2.22. The predicted octanol–water partition coefficient (Wildman–Crippen LogP) is 3.39. The molecule has 1 heterocycles. The molecule has 5 heteroatoms. The minimum Gasteiger partial charge on any atom is -0.444 e. The first kappa shape index (κ1) is 16.1. The molecule has 21 heavy (non-hydrogen) atoms. The topological polar surface area (TPSA) is 32.8 Å². The summed E-state index contributed by atoms with van der Waals surface area (Å²) in [7, 11) is 2.08. The molecule has 0 aliphatic carbocycles. The second-order valence-corrected chi connectivity index (χ2v) is 7.02. The number of carbonyl (C=O) groups is 1. The maximum atomic E-state index is 11.9. The van der Waals surface area contributed by atoms with E-state index in [0.29, 0.717) is 6.04 Å². The van der Waals surface area contributed by atoms with Crippen molar-refractivity contribution in [1.82, 2.24) is 9.80 Å². The highest BCUT2D eigenvalue weighted by Gasteiger charge is 2.35. The number of ether oxygens (including phenoxy) is 1. The van der Waals surface area contributed by atoms with Crippen LogP contribution in [0.1, 0.15) is 26.3 Å². The van der Waals surface area contributed by atoms with Crippen molar-refractivity contribution in [1.29, 1.82) is 0 Å². The summed E-state index contributed by atoms with van der Waals surface area (Å²) in [6, 6.07) is 8.25. The molecule has 1 amide bonds. The van der Waals surface area contributed by atoms with Crippen LogP contribution in [-0.2, 0) is 11.3 Å². The van der Waals surface area contributed by atoms with Crippen molar-refractivity contribution in [3.05, 3.63) is 34.9 Å². The number of carbonyl (C=O) groups excluding carboxylic acids is 1. The van der Waals surface area contributed by atoms with Crippen LogP contribution in [0, 0.1) is 0 Å². The van der Waals surface area contributed by atoms with E-state index in [1.165, 1.54) is 5.56 Å². The van der Waals surface area contributed by atoms with Crippen molar-refractivity contribution < 1.29 is 9.53 Å². The highest BCUT2D eigenvalue weighted by atomic mass is 35.5. The standard InChI is InChI=1S/C16H23ClN2O2/c1-16(2,3)21-15(20)19-10-14(11-19)18(4)9-12-5-7-13(17)8-6-12/h5-8,14H,9-11H2,1-4H3. The van der Waals surface area contributed by atoms with Crippen molar-refractivity contribution in [3.63, 3.8) is 0 Å². The zero-order valence-electron chi connectivity index (χ0n) is 13.1. The van der Waals surface area contributed by atoms with Crippen molar-refractivity contribution in [2.24, 2.45) is 0 Å². The summed E-state index contributed by atoms with van der Waals surface area (Å²) in [6.45, 7) is 7.94. The Hall–Kier alpha value is -1.26. The number of hydrogen-bond donors (Lipinski definition) is 0. The van der Waals surface area contributed by atoms with Crippen LogP contribution in [0.15, 0.2) is 24.3 Å². The van der Waals surface area contributed by atoms with Gasteiger partial charge in [-0.3, -0.25) is 4.90 Å². The maximum absolute atomic E-state index is 11.9. The Morgan fingerprint density at radius 1 is 1.33 bits per heavy atom. The van der Waals surface area contributed by atoms with E-state index in [1.54, 1.807) is 4.90 Å². The van der Waals surface area contributed by atoms with Crippen LogP contribution in [0.25, 0.3) is 0 Å². The Balaban J connectivity index is 1.78. The zero-order chi connectivity index (χ0) is 15.6. The van der Waals surface area contributed by atoms with E-state index in [4.69, 9.17) is 16.3 Å². The number of likely N-dealkylation sites (tertiary alicyclic amines) is 1. The Labute approximate surface area is 131 Å². The van der Waals surface area contributed by atoms with Gasteiger partial charge in [0.15, 0.2) is 0 Å². The summed E-state index contributed by atoms with van der Waals surface area (Å²) in [4.78, 5) is 15.9. The Bertz CT molecular complexity index is 490. The fourth-order valence-corrected chi connectivity index (χ4v) is 2.34. The number of rotatable bonds is 3. The van der Waals surface area contributed by atoms with Gasteiger partial charge in [-0.25, -0.2) is 4.79 Å². The third kappa shape index (κ3) is 4.61. The number of amides is 1. The number of hydrogen-bond acceptors (Lipinski definition) is 3. The molecule has 0 unspecified atom stereocenters. The molecule has 0 spiro atoms. The Kier molecular flexibility index (Phi) is 4.79. The number of halogens is 1. The lowest BCUT2D eigenvalue weighted by Crippen LogP contribution is -2.60.